The molecule has 6 nitrogen and oxygen atoms in total. The number of benzene rings is 2. The Morgan fingerprint density at radius 2 is 2.17 bits per heavy atom. The number of fused-ring (bicyclic) bond motifs is 1. The fourth-order valence-electron chi connectivity index (χ4n) is 3.45. The van der Waals surface area contributed by atoms with Crippen molar-refractivity contribution in [2.24, 2.45) is 4.99 Å². The van der Waals surface area contributed by atoms with Gasteiger partial charge in [-0.2, -0.15) is 0 Å². The summed E-state index contributed by atoms with van der Waals surface area (Å²) in [6, 6.07) is 12.7. The second-order valence-corrected chi connectivity index (χ2v) is 7.64. The number of hydrogen-bond donors (Lipinski definition) is 1. The number of ether oxygens (including phenoxy) is 2. The summed E-state index contributed by atoms with van der Waals surface area (Å²) in [5.74, 6) is 0.311. The highest BCUT2D eigenvalue weighted by atomic mass is 35.5. The Balaban J connectivity index is 1.79. The predicted octanol–water partition coefficient (Wildman–Crippen LogP) is 4.54. The van der Waals surface area contributed by atoms with Gasteiger partial charge in [0.05, 0.1) is 18.9 Å². The molecule has 4 rings (SSSR count). The predicted molar refractivity (Wildman–Crippen MR) is 115 cm³/mol. The standard InChI is InChI=1S/C23H23ClN2O4/c1-14-11-16(8-9-19(14)24)26-23-18(22(27)25-13-17-6-4-10-29-17)12-15-5-3-7-20(28-2)21(15)30-23/h3,5,7-9,11-12,17H,4,6,10,13H2,1-2H3,(H,25,27)/t17-/m1/s1. The molecule has 1 amide bonds. The van der Waals surface area contributed by atoms with Crippen LogP contribution in [0, 0.1) is 6.92 Å². The lowest BCUT2D eigenvalue weighted by Crippen LogP contribution is -2.34. The topological polar surface area (TPSA) is 73.1 Å². The van der Waals surface area contributed by atoms with E-state index in [4.69, 9.17) is 25.5 Å². The van der Waals surface area contributed by atoms with Gasteiger partial charge in [-0.15, -0.1) is 0 Å². The Kier molecular flexibility index (Phi) is 6.06. The van der Waals surface area contributed by atoms with Crippen LogP contribution in [-0.4, -0.2) is 32.3 Å². The monoisotopic (exact) mass is 426 g/mol. The maximum Gasteiger partial charge on any atom is 0.256 e. The molecule has 0 spiro atoms. The molecule has 7 heteroatoms. The number of methoxy groups -OCH3 is 1. The third kappa shape index (κ3) is 4.35. The van der Waals surface area contributed by atoms with Gasteiger partial charge in [-0.05, 0) is 55.7 Å². The zero-order chi connectivity index (χ0) is 21.1. The number of aryl methyl sites for hydroxylation is 1. The summed E-state index contributed by atoms with van der Waals surface area (Å²) in [4.78, 5) is 17.6. The largest absolute Gasteiger partial charge is 0.493 e. The maximum atomic E-state index is 13.0. The van der Waals surface area contributed by atoms with Crippen molar-refractivity contribution < 1.29 is 18.7 Å². The Morgan fingerprint density at radius 1 is 1.30 bits per heavy atom. The normalized spacial score (nSPS) is 16.8. The maximum absolute atomic E-state index is 13.0. The molecule has 0 bridgehead atoms. The molecule has 1 saturated heterocycles. The van der Waals surface area contributed by atoms with Gasteiger partial charge in [-0.3, -0.25) is 4.79 Å². The lowest BCUT2D eigenvalue weighted by molar-refractivity contribution is 0.0854. The van der Waals surface area contributed by atoms with Gasteiger partial charge in [0, 0.05) is 23.6 Å². The molecule has 2 heterocycles. The van der Waals surface area contributed by atoms with Crippen molar-refractivity contribution in [2.45, 2.75) is 25.9 Å². The summed E-state index contributed by atoms with van der Waals surface area (Å²) in [5, 5.41) is 4.35. The van der Waals surface area contributed by atoms with E-state index in [2.05, 4.69) is 10.3 Å². The van der Waals surface area contributed by atoms with Crippen molar-refractivity contribution in [3.8, 4) is 5.75 Å². The third-order valence-electron chi connectivity index (χ3n) is 5.09. The minimum absolute atomic E-state index is 0.0470. The quantitative estimate of drug-likeness (QED) is 0.649. The second kappa shape index (κ2) is 8.90. The van der Waals surface area contributed by atoms with E-state index in [0.717, 1.165) is 30.4 Å². The van der Waals surface area contributed by atoms with Crippen molar-refractivity contribution >= 4 is 34.2 Å². The first-order valence-corrected chi connectivity index (χ1v) is 10.2. The number of hydrogen-bond acceptors (Lipinski definition) is 5. The van der Waals surface area contributed by atoms with Gasteiger partial charge in [0.1, 0.15) is 5.56 Å². The van der Waals surface area contributed by atoms with Crippen LogP contribution in [0.25, 0.3) is 11.0 Å². The van der Waals surface area contributed by atoms with Gasteiger partial charge in [0.15, 0.2) is 11.3 Å². The van der Waals surface area contributed by atoms with Crippen LogP contribution in [0.1, 0.15) is 28.8 Å². The molecule has 2 aromatic carbocycles. The molecule has 3 aromatic rings. The van der Waals surface area contributed by atoms with Gasteiger partial charge in [-0.25, -0.2) is 4.99 Å². The van der Waals surface area contributed by atoms with E-state index in [1.54, 1.807) is 31.4 Å². The minimum atomic E-state index is -0.261. The molecule has 0 unspecified atom stereocenters. The number of carbonyl (C=O) groups is 1. The lowest BCUT2D eigenvalue weighted by Gasteiger charge is -2.12. The molecule has 1 atom stereocenters. The van der Waals surface area contributed by atoms with Gasteiger partial charge in [-0.1, -0.05) is 23.7 Å². The smallest absolute Gasteiger partial charge is 0.256 e. The molecule has 1 aromatic heterocycles. The van der Waals surface area contributed by atoms with Crippen molar-refractivity contribution in [1.82, 2.24) is 5.32 Å². The summed E-state index contributed by atoms with van der Waals surface area (Å²) >= 11 is 6.13. The molecule has 1 aliphatic rings. The van der Waals surface area contributed by atoms with E-state index >= 15 is 0 Å². The fourth-order valence-corrected chi connectivity index (χ4v) is 3.57. The van der Waals surface area contributed by atoms with E-state index in [0.29, 0.717) is 34.2 Å². The number of para-hydroxylation sites is 1. The minimum Gasteiger partial charge on any atom is -0.493 e. The molecular formula is C23H23ClN2O4. The SMILES string of the molecule is COc1cccc2cc(C(=O)NC[C@H]3CCCO3)c(=Nc3ccc(Cl)c(C)c3)oc12. The number of carbonyl (C=O) groups excluding carboxylic acids is 1. The van der Waals surface area contributed by atoms with Crippen LogP contribution in [0.4, 0.5) is 5.69 Å². The lowest BCUT2D eigenvalue weighted by atomic mass is 10.1. The zero-order valence-electron chi connectivity index (χ0n) is 16.9. The Morgan fingerprint density at radius 3 is 2.90 bits per heavy atom. The highest BCUT2D eigenvalue weighted by Crippen LogP contribution is 2.26. The highest BCUT2D eigenvalue weighted by Gasteiger charge is 2.19. The van der Waals surface area contributed by atoms with Crippen LogP contribution < -0.4 is 15.6 Å². The van der Waals surface area contributed by atoms with Crippen LogP contribution in [0.15, 0.2) is 51.9 Å². The van der Waals surface area contributed by atoms with Crippen LogP contribution >= 0.6 is 11.6 Å². The molecule has 0 radical (unpaired) electrons. The van der Waals surface area contributed by atoms with Crippen molar-refractivity contribution in [3.05, 3.63) is 64.2 Å². The van der Waals surface area contributed by atoms with Gasteiger partial charge in [0.2, 0.25) is 5.55 Å². The van der Waals surface area contributed by atoms with Crippen molar-refractivity contribution in [2.75, 3.05) is 20.3 Å². The molecule has 156 valence electrons. The highest BCUT2D eigenvalue weighted by molar-refractivity contribution is 6.31. The van der Waals surface area contributed by atoms with E-state index in [9.17, 15) is 4.79 Å². The average Bonchev–Trinajstić information content (AvgIpc) is 3.27. The van der Waals surface area contributed by atoms with E-state index in [1.165, 1.54) is 0 Å². The molecule has 30 heavy (non-hydrogen) atoms. The number of nitrogens with one attached hydrogen (secondary N) is 1. The first-order valence-electron chi connectivity index (χ1n) is 9.86. The molecule has 1 fully saturated rings. The van der Waals surface area contributed by atoms with Gasteiger partial charge >= 0.3 is 0 Å². The Hall–Kier alpha value is -2.83. The third-order valence-corrected chi connectivity index (χ3v) is 5.51. The number of rotatable bonds is 5. The number of halogens is 1. The summed E-state index contributed by atoms with van der Waals surface area (Å²) in [7, 11) is 1.58. The molecule has 0 saturated carbocycles. The van der Waals surface area contributed by atoms with Crippen molar-refractivity contribution in [3.63, 3.8) is 0 Å². The van der Waals surface area contributed by atoms with Gasteiger partial charge in [0.25, 0.3) is 5.91 Å². The average molecular weight is 427 g/mol. The molecule has 0 aliphatic carbocycles. The van der Waals surface area contributed by atoms with Crippen LogP contribution in [0.2, 0.25) is 5.02 Å². The van der Waals surface area contributed by atoms with E-state index in [1.807, 2.05) is 25.1 Å². The molecule has 1 aliphatic heterocycles. The first-order chi connectivity index (χ1) is 14.5. The second-order valence-electron chi connectivity index (χ2n) is 7.23. The van der Waals surface area contributed by atoms with Crippen LogP contribution in [0.5, 0.6) is 5.75 Å². The first kappa shape index (κ1) is 20.4. The number of nitrogens with zero attached hydrogens (tertiary/aromatic N) is 1. The van der Waals surface area contributed by atoms with Crippen molar-refractivity contribution in [1.29, 1.82) is 0 Å². The molecular weight excluding hydrogens is 404 g/mol. The van der Waals surface area contributed by atoms with E-state index < -0.39 is 0 Å². The zero-order valence-corrected chi connectivity index (χ0v) is 17.7. The number of amides is 1. The summed E-state index contributed by atoms with van der Waals surface area (Å²) < 4.78 is 17.1. The summed E-state index contributed by atoms with van der Waals surface area (Å²) in [6.07, 6.45) is 2.01. The van der Waals surface area contributed by atoms with E-state index in [-0.39, 0.29) is 17.6 Å². The van der Waals surface area contributed by atoms with Gasteiger partial charge < -0.3 is 19.2 Å². The van der Waals surface area contributed by atoms with Crippen LogP contribution in [0.3, 0.4) is 0 Å². The summed E-state index contributed by atoms with van der Waals surface area (Å²) in [5.41, 5.74) is 2.61. The summed E-state index contributed by atoms with van der Waals surface area (Å²) in [6.45, 7) is 3.09. The van der Waals surface area contributed by atoms with Crippen LogP contribution in [-0.2, 0) is 4.74 Å². The Bertz CT molecular complexity index is 1150. The molecule has 1 N–H and O–H groups in total. The fraction of sp³-hybridized carbons (Fsp3) is 0.304. The Labute approximate surface area is 179 Å².